The summed E-state index contributed by atoms with van der Waals surface area (Å²) in [6.07, 6.45) is -0.595. The molecular weight excluding hydrogens is 344 g/mol. The number of rotatable bonds is 11. The Morgan fingerprint density at radius 2 is 1.58 bits per heavy atom. The van der Waals surface area contributed by atoms with E-state index in [4.69, 9.17) is 15.9 Å². The number of aliphatic carboxylic acids is 2. The average molecular weight is 364 g/mol. The van der Waals surface area contributed by atoms with Crippen LogP contribution in [0.5, 0.6) is 0 Å². The molecule has 0 aliphatic carbocycles. The second-order valence-corrected chi connectivity index (χ2v) is 4.98. The summed E-state index contributed by atoms with van der Waals surface area (Å²) >= 11 is 3.89. The van der Waals surface area contributed by atoms with Crippen molar-refractivity contribution in [1.29, 1.82) is 0 Å². The first kappa shape index (κ1) is 21.7. The van der Waals surface area contributed by atoms with Gasteiger partial charge in [-0.15, -0.1) is 0 Å². The first-order valence-corrected chi connectivity index (χ1v) is 7.46. The Morgan fingerprint density at radius 1 is 0.958 bits per heavy atom. The van der Waals surface area contributed by atoms with E-state index < -0.39 is 54.8 Å². The molecule has 0 aromatic carbocycles. The topological polar surface area (TPSA) is 188 Å². The lowest BCUT2D eigenvalue weighted by Gasteiger charge is -2.21. The monoisotopic (exact) mass is 364 g/mol. The van der Waals surface area contributed by atoms with Gasteiger partial charge in [-0.3, -0.25) is 24.0 Å². The zero-order valence-corrected chi connectivity index (χ0v) is 13.5. The van der Waals surface area contributed by atoms with Crippen LogP contribution in [0.15, 0.2) is 0 Å². The lowest BCUT2D eigenvalue weighted by molar-refractivity contribution is -0.138. The van der Waals surface area contributed by atoms with Crippen LogP contribution in [0.1, 0.15) is 12.8 Å². The van der Waals surface area contributed by atoms with Gasteiger partial charge in [-0.2, -0.15) is 12.6 Å². The van der Waals surface area contributed by atoms with Gasteiger partial charge in [0.1, 0.15) is 18.6 Å². The van der Waals surface area contributed by atoms with Gasteiger partial charge >= 0.3 is 11.9 Å². The molecule has 0 radical (unpaired) electrons. The fraction of sp³-hybridized carbons (Fsp3) is 0.583. The van der Waals surface area contributed by atoms with Crippen molar-refractivity contribution >= 4 is 42.3 Å². The summed E-state index contributed by atoms with van der Waals surface area (Å²) in [5.74, 6) is -4.81. The van der Waals surface area contributed by atoms with Crippen molar-refractivity contribution < 1.29 is 34.2 Å². The molecule has 0 bridgehead atoms. The lowest BCUT2D eigenvalue weighted by atomic mass is 10.1. The molecule has 24 heavy (non-hydrogen) atoms. The minimum atomic E-state index is -1.26. The maximum atomic E-state index is 12.1. The summed E-state index contributed by atoms with van der Waals surface area (Å²) in [6, 6.07) is -2.35. The molecule has 0 spiro atoms. The van der Waals surface area contributed by atoms with Crippen molar-refractivity contribution in [2.75, 3.05) is 18.8 Å². The van der Waals surface area contributed by atoms with Crippen LogP contribution >= 0.6 is 12.6 Å². The third-order valence-electron chi connectivity index (χ3n) is 2.71. The standard InChI is InChI=1S/C12H20N4O7S/c13-3-8(17)15-6(1-2-9(18)19)12(23)16-7(5-24)11(22)14-4-10(20)21/h6-7,24H,1-5,13H2,(H,14,22)(H,15,17)(H,16,23)(H,18,19)(H,20,21). The van der Waals surface area contributed by atoms with Gasteiger partial charge in [-0.1, -0.05) is 0 Å². The van der Waals surface area contributed by atoms with Crippen LogP contribution in [-0.4, -0.2) is 70.8 Å². The van der Waals surface area contributed by atoms with Gasteiger partial charge in [0.2, 0.25) is 17.7 Å². The van der Waals surface area contributed by atoms with Gasteiger partial charge in [0, 0.05) is 12.2 Å². The Kier molecular flexibility index (Phi) is 10.1. The number of carbonyl (C=O) groups excluding carboxylic acids is 3. The highest BCUT2D eigenvalue weighted by molar-refractivity contribution is 7.80. The number of nitrogens with two attached hydrogens (primary N) is 1. The van der Waals surface area contributed by atoms with Crippen molar-refractivity contribution in [2.45, 2.75) is 24.9 Å². The van der Waals surface area contributed by atoms with Crippen molar-refractivity contribution in [3.05, 3.63) is 0 Å². The molecule has 0 aliphatic rings. The maximum absolute atomic E-state index is 12.1. The van der Waals surface area contributed by atoms with Crippen molar-refractivity contribution in [3.8, 4) is 0 Å². The molecule has 12 heteroatoms. The SMILES string of the molecule is NCC(=O)NC(CCC(=O)O)C(=O)NC(CS)C(=O)NCC(=O)O. The summed E-state index contributed by atoms with van der Waals surface area (Å²) in [4.78, 5) is 56.2. The molecule has 11 nitrogen and oxygen atoms in total. The third kappa shape index (κ3) is 8.95. The molecule has 0 aliphatic heterocycles. The van der Waals surface area contributed by atoms with Gasteiger partial charge in [0.05, 0.1) is 6.54 Å². The summed E-state index contributed by atoms with van der Waals surface area (Å²) in [5, 5.41) is 23.8. The maximum Gasteiger partial charge on any atom is 0.322 e. The van der Waals surface area contributed by atoms with Crippen LogP contribution in [0.3, 0.4) is 0 Å². The van der Waals surface area contributed by atoms with E-state index in [2.05, 4.69) is 28.6 Å². The summed E-state index contributed by atoms with van der Waals surface area (Å²) in [5.41, 5.74) is 5.13. The van der Waals surface area contributed by atoms with E-state index in [9.17, 15) is 24.0 Å². The zero-order valence-electron chi connectivity index (χ0n) is 12.7. The molecule has 0 aromatic rings. The molecule has 3 amide bonds. The number of thiol groups is 1. The van der Waals surface area contributed by atoms with Gasteiger partial charge in [0.25, 0.3) is 0 Å². The predicted molar refractivity (Wildman–Crippen MR) is 84.3 cm³/mol. The van der Waals surface area contributed by atoms with E-state index in [-0.39, 0.29) is 18.6 Å². The first-order chi connectivity index (χ1) is 11.2. The molecule has 0 saturated carbocycles. The highest BCUT2D eigenvalue weighted by Crippen LogP contribution is 2.00. The molecule has 2 atom stereocenters. The van der Waals surface area contributed by atoms with E-state index in [0.717, 1.165) is 0 Å². The van der Waals surface area contributed by atoms with Crippen molar-refractivity contribution in [3.63, 3.8) is 0 Å². The van der Waals surface area contributed by atoms with E-state index in [1.165, 1.54) is 0 Å². The Balaban J connectivity index is 4.84. The van der Waals surface area contributed by atoms with Crippen LogP contribution in [0.25, 0.3) is 0 Å². The Bertz CT molecular complexity index is 500. The molecule has 2 unspecified atom stereocenters. The van der Waals surface area contributed by atoms with E-state index in [1.807, 2.05) is 0 Å². The number of carboxylic acid groups (broad SMARTS) is 2. The fourth-order valence-corrected chi connectivity index (χ4v) is 1.80. The second-order valence-electron chi connectivity index (χ2n) is 4.61. The molecule has 0 rings (SSSR count). The molecule has 7 N–H and O–H groups in total. The van der Waals surface area contributed by atoms with Crippen LogP contribution < -0.4 is 21.7 Å². The normalized spacial score (nSPS) is 12.6. The number of carbonyl (C=O) groups is 5. The van der Waals surface area contributed by atoms with Crippen molar-refractivity contribution in [1.82, 2.24) is 16.0 Å². The molecule has 0 heterocycles. The van der Waals surface area contributed by atoms with Gasteiger partial charge in [-0.25, -0.2) is 0 Å². The number of carboxylic acids is 2. The smallest absolute Gasteiger partial charge is 0.322 e. The molecule has 136 valence electrons. The largest absolute Gasteiger partial charge is 0.481 e. The van der Waals surface area contributed by atoms with Crippen molar-refractivity contribution in [2.24, 2.45) is 5.73 Å². The Hall–Kier alpha value is -2.34. The lowest BCUT2D eigenvalue weighted by Crippen LogP contribution is -2.55. The number of hydrogen-bond acceptors (Lipinski definition) is 7. The summed E-state index contributed by atoms with van der Waals surface area (Å²) in [6.45, 7) is -1.03. The second kappa shape index (κ2) is 11.2. The van der Waals surface area contributed by atoms with E-state index in [0.29, 0.717) is 0 Å². The fourth-order valence-electron chi connectivity index (χ4n) is 1.54. The van der Waals surface area contributed by atoms with E-state index >= 15 is 0 Å². The molecular formula is C12H20N4O7S. The van der Waals surface area contributed by atoms with Gasteiger partial charge < -0.3 is 31.9 Å². The predicted octanol–water partition coefficient (Wildman–Crippen LogP) is -3.09. The minimum absolute atomic E-state index is 0.131. The number of hydrogen-bond donors (Lipinski definition) is 7. The Labute approximate surface area is 142 Å². The molecule has 0 saturated heterocycles. The number of amides is 3. The summed E-state index contributed by atoms with van der Waals surface area (Å²) in [7, 11) is 0. The van der Waals surface area contributed by atoms with E-state index in [1.54, 1.807) is 0 Å². The van der Waals surface area contributed by atoms with Crippen LogP contribution in [0, 0.1) is 0 Å². The zero-order chi connectivity index (χ0) is 18.7. The average Bonchev–Trinajstić information content (AvgIpc) is 2.53. The molecule has 0 aromatic heterocycles. The quantitative estimate of drug-likeness (QED) is 0.188. The highest BCUT2D eigenvalue weighted by atomic mass is 32.1. The first-order valence-electron chi connectivity index (χ1n) is 6.83. The highest BCUT2D eigenvalue weighted by Gasteiger charge is 2.26. The van der Waals surface area contributed by atoms with Gasteiger partial charge in [-0.05, 0) is 6.42 Å². The van der Waals surface area contributed by atoms with Gasteiger partial charge in [0.15, 0.2) is 0 Å². The minimum Gasteiger partial charge on any atom is -0.481 e. The third-order valence-corrected chi connectivity index (χ3v) is 3.08. The van der Waals surface area contributed by atoms with Crippen LogP contribution in [0.2, 0.25) is 0 Å². The molecule has 0 fully saturated rings. The van der Waals surface area contributed by atoms with Crippen LogP contribution in [-0.2, 0) is 24.0 Å². The summed E-state index contributed by atoms with van der Waals surface area (Å²) < 4.78 is 0. The van der Waals surface area contributed by atoms with Crippen LogP contribution in [0.4, 0.5) is 0 Å². The Morgan fingerprint density at radius 3 is 2.04 bits per heavy atom. The number of nitrogens with one attached hydrogen (secondary N) is 3.